The van der Waals surface area contributed by atoms with Gasteiger partial charge in [-0.25, -0.2) is 4.57 Å². The van der Waals surface area contributed by atoms with Crippen molar-refractivity contribution in [2.45, 2.75) is 51.9 Å². The number of rotatable bonds is 9. The van der Waals surface area contributed by atoms with E-state index in [0.29, 0.717) is 5.75 Å². The summed E-state index contributed by atoms with van der Waals surface area (Å²) in [6.45, 7) is 2.19. The van der Waals surface area contributed by atoms with E-state index in [1.807, 2.05) is 12.1 Å². The first-order valence-electron chi connectivity index (χ1n) is 6.86. The molecule has 6 heteroatoms. The number of hydrogen-bond donors (Lipinski definition) is 2. The van der Waals surface area contributed by atoms with Crippen LogP contribution in [0.4, 0.5) is 0 Å². The van der Waals surface area contributed by atoms with Crippen molar-refractivity contribution in [2.24, 2.45) is 0 Å². The summed E-state index contributed by atoms with van der Waals surface area (Å²) in [5.74, 6) is 0.296. The fourth-order valence-corrected chi connectivity index (χ4v) is 2.46. The third kappa shape index (κ3) is 9.38. The molecule has 0 aromatic heterocycles. The van der Waals surface area contributed by atoms with Crippen LogP contribution >= 0.6 is 7.82 Å². The van der Waals surface area contributed by atoms with E-state index >= 15 is 0 Å². The number of hydrogen-bond acceptors (Lipinski definition) is 2. The average molecular weight is 328 g/mol. The van der Waals surface area contributed by atoms with Crippen LogP contribution in [0.15, 0.2) is 24.3 Å². The van der Waals surface area contributed by atoms with Crippen molar-refractivity contribution in [2.75, 3.05) is 0 Å². The van der Waals surface area contributed by atoms with Gasteiger partial charge in [-0.05, 0) is 24.5 Å². The van der Waals surface area contributed by atoms with Gasteiger partial charge in [-0.2, -0.15) is 0 Å². The Hall–Kier alpha value is 0.430. The summed E-state index contributed by atoms with van der Waals surface area (Å²) in [5, 5.41) is 0. The summed E-state index contributed by atoms with van der Waals surface area (Å²) in [6, 6.07) is 7.04. The Kier molecular flexibility index (Phi) is 11.3. The van der Waals surface area contributed by atoms with Crippen molar-refractivity contribution in [3.05, 3.63) is 29.8 Å². The summed E-state index contributed by atoms with van der Waals surface area (Å²) in [4.78, 5) is 17.7. The van der Waals surface area contributed by atoms with Crippen LogP contribution in [0.25, 0.3) is 0 Å². The molecule has 1 aromatic rings. The van der Waals surface area contributed by atoms with Crippen LogP contribution < -0.4 is 4.52 Å². The van der Waals surface area contributed by atoms with Crippen LogP contribution in [0.2, 0.25) is 0 Å². The molecule has 0 amide bonds. The maximum atomic E-state index is 10.9. The van der Waals surface area contributed by atoms with Gasteiger partial charge in [0.2, 0.25) is 0 Å². The second kappa shape index (κ2) is 11.1. The number of aryl methyl sites for hydroxylation is 1. The molecule has 0 aliphatic carbocycles. The van der Waals surface area contributed by atoms with E-state index in [1.54, 1.807) is 12.1 Å². The van der Waals surface area contributed by atoms with E-state index in [9.17, 15) is 4.57 Å². The van der Waals surface area contributed by atoms with Crippen LogP contribution in [-0.4, -0.2) is 47.5 Å². The summed E-state index contributed by atoms with van der Waals surface area (Å²) in [5.41, 5.74) is 0.862. The van der Waals surface area contributed by atoms with Crippen LogP contribution in [0.5, 0.6) is 5.75 Å². The van der Waals surface area contributed by atoms with Crippen molar-refractivity contribution in [3.63, 3.8) is 0 Å². The Bertz CT molecular complexity index is 419. The molecule has 0 unspecified atom stereocenters. The van der Waals surface area contributed by atoms with Crippen molar-refractivity contribution in [3.8, 4) is 5.75 Å². The first-order valence-corrected chi connectivity index (χ1v) is 8.39. The third-order valence-corrected chi connectivity index (χ3v) is 3.42. The van der Waals surface area contributed by atoms with Gasteiger partial charge >= 0.3 is 45.6 Å². The first kappa shape index (κ1) is 20.4. The van der Waals surface area contributed by atoms with Gasteiger partial charge in [0.05, 0.1) is 0 Å². The summed E-state index contributed by atoms with van der Waals surface area (Å²) in [7, 11) is -4.47. The van der Waals surface area contributed by atoms with E-state index in [2.05, 4.69) is 6.92 Å². The third-order valence-electron chi connectivity index (χ3n) is 2.99. The molecule has 0 aliphatic rings. The summed E-state index contributed by atoms with van der Waals surface area (Å²) in [6.07, 6.45) is 7.95. The molecule has 0 fully saturated rings. The number of para-hydroxylation sites is 1. The molecular formula is C14H25CaO4P. The molecule has 0 bridgehead atoms. The van der Waals surface area contributed by atoms with E-state index in [0.717, 1.165) is 24.8 Å². The predicted octanol–water partition coefficient (Wildman–Crippen LogP) is 3.14. The normalized spacial score (nSPS) is 10.9. The Labute approximate surface area is 151 Å². The summed E-state index contributed by atoms with van der Waals surface area (Å²) < 4.78 is 15.6. The van der Waals surface area contributed by atoms with Gasteiger partial charge in [-0.1, -0.05) is 57.2 Å². The first-order chi connectivity index (χ1) is 9.03. The fraction of sp³-hybridized carbons (Fsp3) is 0.571. The van der Waals surface area contributed by atoms with E-state index < -0.39 is 7.82 Å². The SMILES string of the molecule is CCCCCCCCc1ccccc1OP(=O)(O)O.[CaH2]. The molecule has 0 spiro atoms. The average Bonchev–Trinajstić information content (AvgIpc) is 2.33. The summed E-state index contributed by atoms with van der Waals surface area (Å²) >= 11 is 0. The second-order valence-electron chi connectivity index (χ2n) is 4.71. The monoisotopic (exact) mass is 328 g/mol. The zero-order valence-electron chi connectivity index (χ0n) is 11.4. The number of unbranched alkanes of at least 4 members (excludes halogenated alkanes) is 5. The van der Waals surface area contributed by atoms with Crippen molar-refractivity contribution < 1.29 is 18.9 Å². The Balaban J connectivity index is 0.00000361. The molecule has 112 valence electrons. The number of benzene rings is 1. The molecule has 0 saturated heterocycles. The molecule has 0 atom stereocenters. The quantitative estimate of drug-likeness (QED) is 0.415. The van der Waals surface area contributed by atoms with Gasteiger partial charge < -0.3 is 4.52 Å². The van der Waals surface area contributed by atoms with Crippen LogP contribution in [0, 0.1) is 0 Å². The minimum atomic E-state index is -4.47. The molecule has 0 heterocycles. The van der Waals surface area contributed by atoms with Gasteiger partial charge in [0.1, 0.15) is 5.75 Å². The molecular weight excluding hydrogens is 303 g/mol. The molecule has 0 saturated carbocycles. The van der Waals surface area contributed by atoms with Crippen LogP contribution in [0.1, 0.15) is 51.0 Å². The Morgan fingerprint density at radius 2 is 1.65 bits per heavy atom. The van der Waals surface area contributed by atoms with Gasteiger partial charge in [0.15, 0.2) is 0 Å². The number of phosphoric ester groups is 1. The molecule has 4 nitrogen and oxygen atoms in total. The van der Waals surface area contributed by atoms with Crippen LogP contribution in [0.3, 0.4) is 0 Å². The standard InChI is InChI=1S/C14H23O4P.Ca.2H/c1-2-3-4-5-6-7-10-13-11-8-9-12-14(13)18-19(15,16)17;;;/h8-9,11-12H,2-7,10H2,1H3,(H2,15,16,17);;;. The topological polar surface area (TPSA) is 66.8 Å². The maximum absolute atomic E-state index is 10.9. The van der Waals surface area contributed by atoms with Gasteiger partial charge in [-0.3, -0.25) is 9.79 Å². The van der Waals surface area contributed by atoms with Crippen molar-refractivity contribution in [1.29, 1.82) is 0 Å². The minimum absolute atomic E-state index is 0. The van der Waals surface area contributed by atoms with Gasteiger partial charge in [0, 0.05) is 0 Å². The van der Waals surface area contributed by atoms with Crippen LogP contribution in [-0.2, 0) is 11.0 Å². The molecule has 0 aliphatic heterocycles. The fourth-order valence-electron chi connectivity index (χ4n) is 2.02. The molecule has 20 heavy (non-hydrogen) atoms. The van der Waals surface area contributed by atoms with Crippen molar-refractivity contribution >= 4 is 45.6 Å². The second-order valence-corrected chi connectivity index (χ2v) is 5.87. The van der Waals surface area contributed by atoms with E-state index in [4.69, 9.17) is 14.3 Å². The van der Waals surface area contributed by atoms with E-state index in [1.165, 1.54) is 25.7 Å². The Morgan fingerprint density at radius 1 is 1.05 bits per heavy atom. The van der Waals surface area contributed by atoms with Crippen molar-refractivity contribution in [1.82, 2.24) is 0 Å². The molecule has 1 aromatic carbocycles. The number of phosphoric acid groups is 1. The zero-order chi connectivity index (χ0) is 14.1. The Morgan fingerprint density at radius 3 is 2.30 bits per heavy atom. The molecule has 1 rings (SSSR count). The van der Waals surface area contributed by atoms with Gasteiger partial charge in [0.25, 0.3) is 0 Å². The van der Waals surface area contributed by atoms with Gasteiger partial charge in [-0.15, -0.1) is 0 Å². The molecule has 2 N–H and O–H groups in total. The zero-order valence-corrected chi connectivity index (χ0v) is 12.3. The molecule has 0 radical (unpaired) electrons. The predicted molar refractivity (Wildman–Crippen MR) is 84.7 cm³/mol. The van der Waals surface area contributed by atoms with E-state index in [-0.39, 0.29) is 37.7 Å².